The summed E-state index contributed by atoms with van der Waals surface area (Å²) in [5, 5.41) is 20.3. The van der Waals surface area contributed by atoms with Gasteiger partial charge in [0.1, 0.15) is 0 Å². The second kappa shape index (κ2) is 3.44. The van der Waals surface area contributed by atoms with Gasteiger partial charge in [0.25, 0.3) is 0 Å². The van der Waals surface area contributed by atoms with Crippen LogP contribution in [0.1, 0.15) is 46.0 Å². The van der Waals surface area contributed by atoms with Crippen molar-refractivity contribution in [3.8, 4) is 0 Å². The molecule has 2 aliphatic rings. The van der Waals surface area contributed by atoms with E-state index in [-0.39, 0.29) is 17.6 Å². The Bertz CT molecular complexity index is 243. The fourth-order valence-corrected chi connectivity index (χ4v) is 3.28. The first-order chi connectivity index (χ1) is 6.93. The molecule has 0 bridgehead atoms. The highest BCUT2D eigenvalue weighted by atomic mass is 16.5. The first-order valence-corrected chi connectivity index (χ1v) is 5.90. The minimum Gasteiger partial charge on any atom is -0.396 e. The van der Waals surface area contributed by atoms with Crippen molar-refractivity contribution in [1.29, 1.82) is 0 Å². The lowest BCUT2D eigenvalue weighted by atomic mass is 9.68. The van der Waals surface area contributed by atoms with Gasteiger partial charge in [-0.2, -0.15) is 0 Å². The molecule has 2 fully saturated rings. The van der Waals surface area contributed by atoms with Crippen LogP contribution in [0.15, 0.2) is 0 Å². The molecule has 0 amide bonds. The van der Waals surface area contributed by atoms with E-state index in [0.717, 1.165) is 25.7 Å². The van der Waals surface area contributed by atoms with Crippen LogP contribution in [-0.2, 0) is 4.74 Å². The van der Waals surface area contributed by atoms with Crippen molar-refractivity contribution in [2.45, 2.75) is 57.2 Å². The molecule has 1 aliphatic heterocycles. The lowest BCUT2D eigenvalue weighted by molar-refractivity contribution is -0.107. The Morgan fingerprint density at radius 2 is 1.80 bits per heavy atom. The molecule has 1 aliphatic carbocycles. The zero-order chi connectivity index (χ0) is 11.2. The van der Waals surface area contributed by atoms with Crippen LogP contribution < -0.4 is 0 Å². The maximum Gasteiger partial charge on any atom is 0.0985 e. The summed E-state index contributed by atoms with van der Waals surface area (Å²) in [4.78, 5) is 0. The van der Waals surface area contributed by atoms with Crippen molar-refractivity contribution in [2.24, 2.45) is 5.41 Å². The summed E-state index contributed by atoms with van der Waals surface area (Å²) in [6, 6.07) is 0. The molecule has 1 saturated heterocycles. The molecule has 2 N–H and O–H groups in total. The van der Waals surface area contributed by atoms with Gasteiger partial charge in [0.05, 0.1) is 24.4 Å². The number of aliphatic hydroxyl groups excluding tert-OH is 1. The third kappa shape index (κ3) is 1.71. The number of rotatable bonds is 2. The van der Waals surface area contributed by atoms with Gasteiger partial charge in [-0.15, -0.1) is 0 Å². The molecule has 0 spiro atoms. The van der Waals surface area contributed by atoms with Gasteiger partial charge in [0, 0.05) is 11.8 Å². The van der Waals surface area contributed by atoms with Gasteiger partial charge in [-0.3, -0.25) is 0 Å². The molecule has 1 saturated carbocycles. The zero-order valence-corrected chi connectivity index (χ0v) is 9.75. The van der Waals surface area contributed by atoms with Gasteiger partial charge < -0.3 is 14.9 Å². The number of ether oxygens (including phenoxy) is 1. The van der Waals surface area contributed by atoms with Crippen molar-refractivity contribution < 1.29 is 14.9 Å². The van der Waals surface area contributed by atoms with Gasteiger partial charge in [-0.25, -0.2) is 0 Å². The number of hydrogen-bond donors (Lipinski definition) is 2. The highest BCUT2D eigenvalue weighted by Gasteiger charge is 2.57. The van der Waals surface area contributed by atoms with Crippen molar-refractivity contribution >= 4 is 0 Å². The van der Waals surface area contributed by atoms with Gasteiger partial charge in [-0.1, -0.05) is 12.8 Å². The van der Waals surface area contributed by atoms with Gasteiger partial charge in [-0.05, 0) is 26.7 Å². The summed E-state index contributed by atoms with van der Waals surface area (Å²) in [6.45, 7) is 4.47. The smallest absolute Gasteiger partial charge is 0.0985 e. The molecule has 3 heteroatoms. The van der Waals surface area contributed by atoms with E-state index in [1.807, 2.05) is 13.8 Å². The molecule has 0 aromatic heterocycles. The zero-order valence-electron chi connectivity index (χ0n) is 9.75. The number of aliphatic hydroxyl groups is 2. The van der Waals surface area contributed by atoms with Gasteiger partial charge in [0.2, 0.25) is 0 Å². The minimum absolute atomic E-state index is 0.0862. The largest absolute Gasteiger partial charge is 0.396 e. The Hall–Kier alpha value is -0.120. The van der Waals surface area contributed by atoms with Crippen LogP contribution in [0.5, 0.6) is 0 Å². The van der Waals surface area contributed by atoms with Crippen molar-refractivity contribution in [1.82, 2.24) is 0 Å². The lowest BCUT2D eigenvalue weighted by Crippen LogP contribution is -2.50. The Morgan fingerprint density at radius 3 is 2.20 bits per heavy atom. The summed E-state index contributed by atoms with van der Waals surface area (Å²) < 4.78 is 5.63. The number of hydrogen-bond acceptors (Lipinski definition) is 3. The second-order valence-electron chi connectivity index (χ2n) is 5.90. The van der Waals surface area contributed by atoms with E-state index in [9.17, 15) is 10.2 Å². The topological polar surface area (TPSA) is 49.7 Å². The van der Waals surface area contributed by atoms with Crippen LogP contribution in [0.3, 0.4) is 0 Å². The highest BCUT2D eigenvalue weighted by molar-refractivity contribution is 5.07. The Labute approximate surface area is 91.4 Å². The predicted molar refractivity (Wildman–Crippen MR) is 57.6 cm³/mol. The van der Waals surface area contributed by atoms with Crippen LogP contribution in [0.4, 0.5) is 0 Å². The van der Waals surface area contributed by atoms with E-state index in [4.69, 9.17) is 4.74 Å². The first kappa shape index (κ1) is 11.4. The van der Waals surface area contributed by atoms with Crippen LogP contribution >= 0.6 is 0 Å². The minimum atomic E-state index is -0.818. The lowest BCUT2D eigenvalue weighted by Gasteiger charge is -2.41. The molecule has 3 nitrogen and oxygen atoms in total. The van der Waals surface area contributed by atoms with E-state index in [0.29, 0.717) is 13.0 Å². The van der Waals surface area contributed by atoms with E-state index >= 15 is 0 Å². The van der Waals surface area contributed by atoms with Crippen molar-refractivity contribution in [3.63, 3.8) is 0 Å². The monoisotopic (exact) mass is 214 g/mol. The van der Waals surface area contributed by atoms with E-state index in [1.54, 1.807) is 0 Å². The third-order valence-electron chi connectivity index (χ3n) is 4.27. The molecule has 2 rings (SSSR count). The van der Waals surface area contributed by atoms with Crippen LogP contribution in [0.25, 0.3) is 0 Å². The van der Waals surface area contributed by atoms with Gasteiger partial charge >= 0.3 is 0 Å². The van der Waals surface area contributed by atoms with Crippen molar-refractivity contribution in [2.75, 3.05) is 13.2 Å². The standard InChI is InChI=1S/C12H22O3/c1-10(2)7-12(14,9-15-10)11(8-13)5-3-4-6-11/h13-14H,3-9H2,1-2H3. The molecule has 1 heterocycles. The summed E-state index contributed by atoms with van der Waals surface area (Å²) in [6.07, 6.45) is 4.73. The quantitative estimate of drug-likeness (QED) is 0.732. The second-order valence-corrected chi connectivity index (χ2v) is 5.90. The SMILES string of the molecule is CC1(C)CC(O)(C2(CO)CCCC2)CO1. The van der Waals surface area contributed by atoms with Gasteiger partial charge in [0.15, 0.2) is 0 Å². The predicted octanol–water partition coefficient (Wildman–Crippen LogP) is 1.47. The summed E-state index contributed by atoms with van der Waals surface area (Å²) in [5.74, 6) is 0. The molecule has 1 unspecified atom stereocenters. The molecule has 88 valence electrons. The summed E-state index contributed by atoms with van der Waals surface area (Å²) in [7, 11) is 0. The fourth-order valence-electron chi connectivity index (χ4n) is 3.28. The van der Waals surface area contributed by atoms with E-state index in [2.05, 4.69) is 0 Å². The Kier molecular flexibility index (Phi) is 2.61. The molecule has 15 heavy (non-hydrogen) atoms. The van der Waals surface area contributed by atoms with Crippen LogP contribution in [-0.4, -0.2) is 34.6 Å². The van der Waals surface area contributed by atoms with E-state index in [1.165, 1.54) is 0 Å². The summed E-state index contributed by atoms with van der Waals surface area (Å²) >= 11 is 0. The molecule has 0 aromatic rings. The van der Waals surface area contributed by atoms with Crippen LogP contribution in [0, 0.1) is 5.41 Å². The maximum atomic E-state index is 10.7. The third-order valence-corrected chi connectivity index (χ3v) is 4.27. The first-order valence-electron chi connectivity index (χ1n) is 5.90. The highest BCUT2D eigenvalue weighted by Crippen LogP contribution is 2.52. The van der Waals surface area contributed by atoms with E-state index < -0.39 is 5.60 Å². The normalized spacial score (nSPS) is 38.4. The molecule has 1 atom stereocenters. The Balaban J connectivity index is 2.21. The maximum absolute atomic E-state index is 10.7. The van der Waals surface area contributed by atoms with Crippen LogP contribution in [0.2, 0.25) is 0 Å². The average molecular weight is 214 g/mol. The Morgan fingerprint density at radius 1 is 1.20 bits per heavy atom. The van der Waals surface area contributed by atoms with Crippen molar-refractivity contribution in [3.05, 3.63) is 0 Å². The molecule has 0 aromatic carbocycles. The molecular formula is C12H22O3. The molecule has 0 radical (unpaired) electrons. The average Bonchev–Trinajstić information content (AvgIpc) is 2.72. The fraction of sp³-hybridized carbons (Fsp3) is 1.00. The molecular weight excluding hydrogens is 192 g/mol. The summed E-state index contributed by atoms with van der Waals surface area (Å²) in [5.41, 5.74) is -1.37.